The third-order valence-corrected chi connectivity index (χ3v) is 3.33. The summed E-state index contributed by atoms with van der Waals surface area (Å²) in [7, 11) is 5.01. The van der Waals surface area contributed by atoms with Gasteiger partial charge in [0.25, 0.3) is 0 Å². The third-order valence-electron chi connectivity index (χ3n) is 3.33. The van der Waals surface area contributed by atoms with Crippen molar-refractivity contribution in [3.8, 4) is 17.2 Å². The number of hydrogen-bond donors (Lipinski definition) is 1. The van der Waals surface area contributed by atoms with Crippen LogP contribution in [0.1, 0.15) is 11.1 Å². The maximum atomic E-state index is 5.28. The number of benzene rings is 2. The van der Waals surface area contributed by atoms with Gasteiger partial charge in [0, 0.05) is 17.2 Å². The molecule has 0 aliphatic carbocycles. The van der Waals surface area contributed by atoms with Crippen LogP contribution in [0.5, 0.6) is 17.2 Å². The minimum absolute atomic E-state index is 0.821. The van der Waals surface area contributed by atoms with Gasteiger partial charge in [-0.3, -0.25) is 0 Å². The van der Waals surface area contributed by atoms with Crippen LogP contribution in [0, 0.1) is 0 Å². The zero-order valence-electron chi connectivity index (χ0n) is 12.8. The standard InChI is InChI=1S/C17H21NO3/c1-19-15-6-4-13(5-7-15)11-18-12-14-8-16(20-2)10-17(9-14)21-3/h4-10,18H,11-12H2,1-3H3/p+1. The van der Waals surface area contributed by atoms with Crippen LogP contribution in [0.25, 0.3) is 0 Å². The highest BCUT2D eigenvalue weighted by Crippen LogP contribution is 2.21. The summed E-state index contributed by atoms with van der Waals surface area (Å²) in [5, 5.41) is 2.25. The van der Waals surface area contributed by atoms with Crippen LogP contribution in [0.2, 0.25) is 0 Å². The van der Waals surface area contributed by atoms with E-state index in [4.69, 9.17) is 14.2 Å². The lowest BCUT2D eigenvalue weighted by atomic mass is 10.2. The second-order valence-corrected chi connectivity index (χ2v) is 4.77. The lowest BCUT2D eigenvalue weighted by molar-refractivity contribution is -0.686. The molecule has 0 amide bonds. The Kier molecular flexibility index (Phi) is 5.46. The van der Waals surface area contributed by atoms with E-state index in [9.17, 15) is 0 Å². The largest absolute Gasteiger partial charge is 0.497 e. The van der Waals surface area contributed by atoms with Crippen molar-refractivity contribution in [3.63, 3.8) is 0 Å². The highest BCUT2D eigenvalue weighted by atomic mass is 16.5. The summed E-state index contributed by atoms with van der Waals surface area (Å²) in [6, 6.07) is 14.1. The van der Waals surface area contributed by atoms with E-state index in [1.54, 1.807) is 21.3 Å². The second-order valence-electron chi connectivity index (χ2n) is 4.77. The minimum Gasteiger partial charge on any atom is -0.497 e. The first-order chi connectivity index (χ1) is 10.2. The number of quaternary nitrogens is 1. The zero-order valence-corrected chi connectivity index (χ0v) is 12.8. The summed E-state index contributed by atoms with van der Waals surface area (Å²) < 4.78 is 15.7. The van der Waals surface area contributed by atoms with Crippen molar-refractivity contribution in [2.24, 2.45) is 0 Å². The summed E-state index contributed by atoms with van der Waals surface area (Å²) in [4.78, 5) is 0. The van der Waals surface area contributed by atoms with Crippen molar-refractivity contribution < 1.29 is 19.5 Å². The molecule has 0 saturated heterocycles. The van der Waals surface area contributed by atoms with Gasteiger partial charge in [0.1, 0.15) is 30.3 Å². The van der Waals surface area contributed by atoms with Crippen LogP contribution in [0.15, 0.2) is 42.5 Å². The number of ether oxygens (including phenoxy) is 3. The van der Waals surface area contributed by atoms with Gasteiger partial charge in [0.05, 0.1) is 21.3 Å². The predicted octanol–water partition coefficient (Wildman–Crippen LogP) is 1.98. The van der Waals surface area contributed by atoms with Gasteiger partial charge >= 0.3 is 0 Å². The molecule has 0 heterocycles. The van der Waals surface area contributed by atoms with Gasteiger partial charge in [-0.05, 0) is 36.4 Å². The molecule has 0 saturated carbocycles. The molecule has 2 N–H and O–H groups in total. The van der Waals surface area contributed by atoms with E-state index < -0.39 is 0 Å². The molecule has 0 fully saturated rings. The van der Waals surface area contributed by atoms with Crippen molar-refractivity contribution in [1.82, 2.24) is 0 Å². The van der Waals surface area contributed by atoms with Gasteiger partial charge < -0.3 is 19.5 Å². The average molecular weight is 288 g/mol. The van der Waals surface area contributed by atoms with Crippen molar-refractivity contribution in [2.75, 3.05) is 21.3 Å². The SMILES string of the molecule is COc1ccc(C[NH2+]Cc2cc(OC)cc(OC)c2)cc1. The Labute approximate surface area is 125 Å². The molecule has 0 radical (unpaired) electrons. The highest BCUT2D eigenvalue weighted by molar-refractivity contribution is 5.38. The maximum Gasteiger partial charge on any atom is 0.123 e. The monoisotopic (exact) mass is 288 g/mol. The number of hydrogen-bond acceptors (Lipinski definition) is 3. The van der Waals surface area contributed by atoms with Crippen molar-refractivity contribution >= 4 is 0 Å². The second kappa shape index (κ2) is 7.55. The van der Waals surface area contributed by atoms with E-state index in [-0.39, 0.29) is 0 Å². The van der Waals surface area contributed by atoms with Crippen LogP contribution in [-0.4, -0.2) is 21.3 Å². The zero-order chi connectivity index (χ0) is 15.1. The summed E-state index contributed by atoms with van der Waals surface area (Å²) >= 11 is 0. The fraction of sp³-hybridized carbons (Fsp3) is 0.294. The van der Waals surface area contributed by atoms with E-state index in [0.717, 1.165) is 30.3 Å². The maximum absolute atomic E-state index is 5.28. The molecule has 4 nitrogen and oxygen atoms in total. The third kappa shape index (κ3) is 4.39. The topological polar surface area (TPSA) is 44.3 Å². The molecule has 0 unspecified atom stereocenters. The Bertz CT molecular complexity index is 544. The van der Waals surface area contributed by atoms with E-state index in [2.05, 4.69) is 17.4 Å². The fourth-order valence-corrected chi connectivity index (χ4v) is 2.15. The Hall–Kier alpha value is -2.20. The Balaban J connectivity index is 1.93. The lowest BCUT2D eigenvalue weighted by Crippen LogP contribution is -2.80. The van der Waals surface area contributed by atoms with E-state index >= 15 is 0 Å². The van der Waals surface area contributed by atoms with Crippen LogP contribution >= 0.6 is 0 Å². The molecule has 0 atom stereocenters. The normalized spacial score (nSPS) is 10.2. The first kappa shape index (κ1) is 15.2. The summed E-state index contributed by atoms with van der Waals surface area (Å²) in [6.45, 7) is 1.79. The van der Waals surface area contributed by atoms with E-state index in [1.807, 2.05) is 30.3 Å². The van der Waals surface area contributed by atoms with Crippen LogP contribution < -0.4 is 19.5 Å². The van der Waals surface area contributed by atoms with Crippen molar-refractivity contribution in [3.05, 3.63) is 53.6 Å². The first-order valence-corrected chi connectivity index (χ1v) is 6.91. The molecule has 0 aliphatic heterocycles. The molecule has 0 aromatic heterocycles. The molecule has 0 spiro atoms. The van der Waals surface area contributed by atoms with Crippen LogP contribution in [0.3, 0.4) is 0 Å². The molecule has 2 rings (SSSR count). The summed E-state index contributed by atoms with van der Waals surface area (Å²) in [5.41, 5.74) is 2.45. The molecule has 2 aromatic carbocycles. The van der Waals surface area contributed by atoms with E-state index in [0.29, 0.717) is 0 Å². The molecule has 21 heavy (non-hydrogen) atoms. The molecular formula is C17H22NO3+. The molecule has 112 valence electrons. The van der Waals surface area contributed by atoms with Gasteiger partial charge in [0.15, 0.2) is 0 Å². The Morgan fingerprint density at radius 1 is 0.667 bits per heavy atom. The summed E-state index contributed by atoms with van der Waals surface area (Å²) in [5.74, 6) is 2.53. The van der Waals surface area contributed by atoms with Crippen LogP contribution in [-0.2, 0) is 13.1 Å². The van der Waals surface area contributed by atoms with Gasteiger partial charge in [-0.25, -0.2) is 0 Å². The highest BCUT2D eigenvalue weighted by Gasteiger charge is 2.04. The van der Waals surface area contributed by atoms with E-state index in [1.165, 1.54) is 11.1 Å². The number of nitrogens with two attached hydrogens (primary N) is 1. The smallest absolute Gasteiger partial charge is 0.123 e. The Morgan fingerprint density at radius 2 is 1.19 bits per heavy atom. The quantitative estimate of drug-likeness (QED) is 0.847. The van der Waals surface area contributed by atoms with Gasteiger partial charge in [-0.2, -0.15) is 0 Å². The molecule has 4 heteroatoms. The molecular weight excluding hydrogens is 266 g/mol. The summed E-state index contributed by atoms with van der Waals surface area (Å²) in [6.07, 6.45) is 0. The minimum atomic E-state index is 0.821. The van der Waals surface area contributed by atoms with Gasteiger partial charge in [0.2, 0.25) is 0 Å². The van der Waals surface area contributed by atoms with Crippen molar-refractivity contribution in [2.45, 2.75) is 13.1 Å². The molecule has 2 aromatic rings. The molecule has 0 bridgehead atoms. The number of rotatable bonds is 7. The van der Waals surface area contributed by atoms with Crippen LogP contribution in [0.4, 0.5) is 0 Å². The fourth-order valence-electron chi connectivity index (χ4n) is 2.15. The molecule has 0 aliphatic rings. The average Bonchev–Trinajstić information content (AvgIpc) is 2.55. The number of methoxy groups -OCH3 is 3. The first-order valence-electron chi connectivity index (χ1n) is 6.91. The van der Waals surface area contributed by atoms with Crippen molar-refractivity contribution in [1.29, 1.82) is 0 Å². The Morgan fingerprint density at radius 3 is 1.71 bits per heavy atom. The van der Waals surface area contributed by atoms with Gasteiger partial charge in [-0.1, -0.05) is 0 Å². The predicted molar refractivity (Wildman–Crippen MR) is 81.9 cm³/mol. The lowest BCUT2D eigenvalue weighted by Gasteiger charge is -2.08. The van der Waals surface area contributed by atoms with Gasteiger partial charge in [-0.15, -0.1) is 0 Å².